The molecular formula is C18H26N4O2. The molecule has 24 heavy (non-hydrogen) atoms. The number of hydrogen-bond donors (Lipinski definition) is 4. The van der Waals surface area contributed by atoms with Crippen molar-refractivity contribution in [2.24, 2.45) is 5.73 Å². The van der Waals surface area contributed by atoms with Gasteiger partial charge in [0, 0.05) is 24.8 Å². The first-order valence-electron chi connectivity index (χ1n) is 8.27. The van der Waals surface area contributed by atoms with Crippen LogP contribution < -0.4 is 26.4 Å². The highest BCUT2D eigenvalue weighted by atomic mass is 16.5. The number of hydrogen-bond acceptors (Lipinski definition) is 4. The molecule has 6 heteroatoms. The maximum absolute atomic E-state index is 11.8. The van der Waals surface area contributed by atoms with Crippen molar-refractivity contribution in [1.82, 2.24) is 10.6 Å². The predicted octanol–water partition coefficient (Wildman–Crippen LogP) is 2.71. The number of allylic oxidation sites excluding steroid dienone is 3. The molecular weight excluding hydrogens is 304 g/mol. The molecule has 0 unspecified atom stereocenters. The number of nitrogens with one attached hydrogen (secondary N) is 3. The Morgan fingerprint density at radius 2 is 2.33 bits per heavy atom. The third-order valence-electron chi connectivity index (χ3n) is 3.76. The number of carbonyl (C=O) groups is 1. The number of anilines is 1. The minimum atomic E-state index is -0.212. The van der Waals surface area contributed by atoms with E-state index in [1.54, 1.807) is 13.2 Å². The molecule has 0 saturated carbocycles. The molecule has 0 saturated heterocycles. The summed E-state index contributed by atoms with van der Waals surface area (Å²) in [4.78, 5) is 11.8. The Labute approximate surface area is 143 Å². The summed E-state index contributed by atoms with van der Waals surface area (Å²) in [6.07, 6.45) is 8.11. The second kappa shape index (κ2) is 9.50. The van der Waals surface area contributed by atoms with Crippen LogP contribution in [0.3, 0.4) is 0 Å². The lowest BCUT2D eigenvalue weighted by molar-refractivity contribution is 0.252. The number of methoxy groups -OCH3 is 1. The highest BCUT2D eigenvalue weighted by Crippen LogP contribution is 2.16. The van der Waals surface area contributed by atoms with Crippen LogP contribution in [0, 0.1) is 0 Å². The van der Waals surface area contributed by atoms with Gasteiger partial charge >= 0.3 is 6.03 Å². The first kappa shape index (κ1) is 17.7. The van der Waals surface area contributed by atoms with E-state index in [4.69, 9.17) is 10.5 Å². The molecule has 0 bridgehead atoms. The van der Waals surface area contributed by atoms with E-state index in [1.807, 2.05) is 18.2 Å². The molecule has 1 aliphatic heterocycles. The highest BCUT2D eigenvalue weighted by Gasteiger charge is 2.05. The zero-order valence-electron chi connectivity index (χ0n) is 14.1. The summed E-state index contributed by atoms with van der Waals surface area (Å²) in [6.45, 7) is 1.57. The van der Waals surface area contributed by atoms with Crippen molar-refractivity contribution in [2.45, 2.75) is 25.7 Å². The molecule has 0 radical (unpaired) electrons. The quantitative estimate of drug-likeness (QED) is 0.579. The van der Waals surface area contributed by atoms with Gasteiger partial charge in [0.05, 0.1) is 12.9 Å². The summed E-state index contributed by atoms with van der Waals surface area (Å²) in [7, 11) is 1.60. The van der Waals surface area contributed by atoms with E-state index in [0.717, 1.165) is 38.0 Å². The summed E-state index contributed by atoms with van der Waals surface area (Å²) >= 11 is 0. The van der Waals surface area contributed by atoms with Crippen LogP contribution in [-0.4, -0.2) is 26.2 Å². The first-order valence-corrected chi connectivity index (χ1v) is 8.27. The average Bonchev–Trinajstić information content (AvgIpc) is 2.59. The molecule has 0 atom stereocenters. The van der Waals surface area contributed by atoms with Gasteiger partial charge in [0.25, 0.3) is 0 Å². The molecule has 1 aromatic carbocycles. The smallest absolute Gasteiger partial charge is 0.319 e. The number of benzene rings is 1. The number of amides is 2. The van der Waals surface area contributed by atoms with Gasteiger partial charge in [-0.1, -0.05) is 18.2 Å². The Balaban J connectivity index is 1.64. The van der Waals surface area contributed by atoms with Crippen molar-refractivity contribution in [3.8, 4) is 5.75 Å². The maximum atomic E-state index is 11.8. The molecule has 2 rings (SSSR count). The second-order valence-corrected chi connectivity index (χ2v) is 5.63. The van der Waals surface area contributed by atoms with Gasteiger partial charge in [-0.25, -0.2) is 4.79 Å². The number of urea groups is 1. The number of rotatable bonds is 7. The zero-order valence-corrected chi connectivity index (χ0v) is 14.1. The predicted molar refractivity (Wildman–Crippen MR) is 96.8 cm³/mol. The highest BCUT2D eigenvalue weighted by molar-refractivity contribution is 5.89. The van der Waals surface area contributed by atoms with Crippen LogP contribution in [0.25, 0.3) is 0 Å². The molecule has 0 aromatic heterocycles. The van der Waals surface area contributed by atoms with Gasteiger partial charge in [0.15, 0.2) is 0 Å². The molecule has 1 aliphatic rings. The van der Waals surface area contributed by atoms with Gasteiger partial charge in [0.2, 0.25) is 0 Å². The van der Waals surface area contributed by atoms with Crippen LogP contribution in [-0.2, 0) is 0 Å². The topological polar surface area (TPSA) is 88.4 Å². The van der Waals surface area contributed by atoms with Crippen molar-refractivity contribution >= 4 is 11.7 Å². The van der Waals surface area contributed by atoms with Crippen molar-refractivity contribution in [2.75, 3.05) is 25.5 Å². The number of nitrogens with two attached hydrogens (primary N) is 1. The van der Waals surface area contributed by atoms with E-state index in [1.165, 1.54) is 5.57 Å². The van der Waals surface area contributed by atoms with Crippen molar-refractivity contribution in [1.29, 1.82) is 0 Å². The van der Waals surface area contributed by atoms with Crippen LogP contribution in [0.1, 0.15) is 25.7 Å². The van der Waals surface area contributed by atoms with Gasteiger partial charge in [0.1, 0.15) is 5.75 Å². The fourth-order valence-corrected chi connectivity index (χ4v) is 2.45. The molecule has 6 nitrogen and oxygen atoms in total. The average molecular weight is 330 g/mol. The molecule has 0 spiro atoms. The molecule has 1 aromatic rings. The van der Waals surface area contributed by atoms with Gasteiger partial charge in [-0.3, -0.25) is 0 Å². The third-order valence-corrected chi connectivity index (χ3v) is 3.76. The standard InChI is InChI=1S/C18H26N4O2/c1-24-16-10-5-9-15(13-16)22-18(23)21-11-4-2-3-7-14-8-6-12-20-17(14)19/h3,5,7,9-10,13,20H,2,4,6,8,11-12,19H2,1H3,(H2,21,22,23)/b7-3-. The number of carbonyl (C=O) groups excluding carboxylic acids is 1. The van der Waals surface area contributed by atoms with Gasteiger partial charge in [-0.15, -0.1) is 0 Å². The Kier molecular flexibility index (Phi) is 7.01. The lowest BCUT2D eigenvalue weighted by atomic mass is 10.1. The summed E-state index contributed by atoms with van der Waals surface area (Å²) in [5, 5.41) is 8.79. The molecule has 2 amide bonds. The van der Waals surface area contributed by atoms with Crippen LogP contribution in [0.15, 0.2) is 47.8 Å². The fraction of sp³-hybridized carbons (Fsp3) is 0.389. The fourth-order valence-electron chi connectivity index (χ4n) is 2.45. The molecule has 5 N–H and O–H groups in total. The van der Waals surface area contributed by atoms with Crippen molar-refractivity contribution in [3.63, 3.8) is 0 Å². The minimum Gasteiger partial charge on any atom is -0.497 e. The summed E-state index contributed by atoms with van der Waals surface area (Å²) in [5.74, 6) is 1.50. The monoisotopic (exact) mass is 330 g/mol. The number of ether oxygens (including phenoxy) is 1. The SMILES string of the molecule is COc1cccc(NC(=O)NCCC/C=C\C2=C(N)NCCC2)c1. The lowest BCUT2D eigenvalue weighted by Crippen LogP contribution is -2.29. The van der Waals surface area contributed by atoms with E-state index in [-0.39, 0.29) is 6.03 Å². The largest absolute Gasteiger partial charge is 0.497 e. The van der Waals surface area contributed by atoms with Crippen LogP contribution in [0.2, 0.25) is 0 Å². The third kappa shape index (κ3) is 5.87. The van der Waals surface area contributed by atoms with E-state index < -0.39 is 0 Å². The first-order chi connectivity index (χ1) is 11.7. The van der Waals surface area contributed by atoms with Crippen molar-refractivity contribution in [3.05, 3.63) is 47.8 Å². The normalized spacial score (nSPS) is 14.4. The number of unbranched alkanes of at least 4 members (excludes halogenated alkanes) is 1. The molecule has 130 valence electrons. The summed E-state index contributed by atoms with van der Waals surface area (Å²) < 4.78 is 5.12. The van der Waals surface area contributed by atoms with Gasteiger partial charge in [-0.2, -0.15) is 0 Å². The van der Waals surface area contributed by atoms with E-state index in [2.05, 4.69) is 28.1 Å². The van der Waals surface area contributed by atoms with Gasteiger partial charge < -0.3 is 26.4 Å². The lowest BCUT2D eigenvalue weighted by Gasteiger charge is -2.16. The molecule has 1 heterocycles. The molecule has 0 aliphatic carbocycles. The minimum absolute atomic E-state index is 0.212. The van der Waals surface area contributed by atoms with Crippen LogP contribution in [0.4, 0.5) is 10.5 Å². The van der Waals surface area contributed by atoms with Crippen molar-refractivity contribution < 1.29 is 9.53 Å². The Morgan fingerprint density at radius 1 is 1.46 bits per heavy atom. The Bertz CT molecular complexity index is 611. The van der Waals surface area contributed by atoms with E-state index >= 15 is 0 Å². The van der Waals surface area contributed by atoms with Crippen LogP contribution in [0.5, 0.6) is 5.75 Å². The Morgan fingerprint density at radius 3 is 3.12 bits per heavy atom. The second-order valence-electron chi connectivity index (χ2n) is 5.63. The Hall–Kier alpha value is -2.63. The van der Waals surface area contributed by atoms with E-state index in [9.17, 15) is 4.79 Å². The summed E-state index contributed by atoms with van der Waals surface area (Å²) in [6, 6.07) is 7.05. The maximum Gasteiger partial charge on any atom is 0.319 e. The van der Waals surface area contributed by atoms with Crippen LogP contribution >= 0.6 is 0 Å². The molecule has 0 fully saturated rings. The van der Waals surface area contributed by atoms with E-state index in [0.29, 0.717) is 18.0 Å². The summed E-state index contributed by atoms with van der Waals surface area (Å²) in [5.41, 5.74) is 7.78. The van der Waals surface area contributed by atoms with Gasteiger partial charge in [-0.05, 0) is 43.4 Å². The zero-order chi connectivity index (χ0) is 17.2.